The van der Waals surface area contributed by atoms with Gasteiger partial charge in [0.05, 0.1) is 6.61 Å². The number of likely N-dealkylation sites (tertiary alicyclic amines) is 1. The van der Waals surface area contributed by atoms with Crippen molar-refractivity contribution in [1.29, 1.82) is 0 Å². The summed E-state index contributed by atoms with van der Waals surface area (Å²) in [6, 6.07) is 0.777. The van der Waals surface area contributed by atoms with Gasteiger partial charge in [-0.3, -0.25) is 4.90 Å². The molecule has 0 aromatic carbocycles. The molecule has 21 heavy (non-hydrogen) atoms. The van der Waals surface area contributed by atoms with Gasteiger partial charge < -0.3 is 10.1 Å². The smallest absolute Gasteiger partial charge is 0.0587 e. The van der Waals surface area contributed by atoms with Gasteiger partial charge in [0.2, 0.25) is 0 Å². The van der Waals surface area contributed by atoms with Crippen molar-refractivity contribution in [3.05, 3.63) is 0 Å². The Morgan fingerprint density at radius 2 is 1.86 bits per heavy atom. The van der Waals surface area contributed by atoms with Crippen molar-refractivity contribution in [2.45, 2.75) is 64.8 Å². The molecule has 3 nitrogen and oxygen atoms in total. The third kappa shape index (κ3) is 5.22. The average Bonchev–Trinajstić information content (AvgIpc) is 2.66. The van der Waals surface area contributed by atoms with Gasteiger partial charge in [0.15, 0.2) is 0 Å². The van der Waals surface area contributed by atoms with Gasteiger partial charge >= 0.3 is 0 Å². The van der Waals surface area contributed by atoms with Crippen LogP contribution in [0.3, 0.4) is 0 Å². The van der Waals surface area contributed by atoms with E-state index in [1.807, 2.05) is 0 Å². The summed E-state index contributed by atoms with van der Waals surface area (Å²) in [5, 5.41) is 3.67. The summed E-state index contributed by atoms with van der Waals surface area (Å²) in [5.41, 5.74) is 0.503. The van der Waals surface area contributed by atoms with E-state index in [1.54, 1.807) is 7.11 Å². The number of hydrogen-bond acceptors (Lipinski definition) is 3. The molecule has 0 spiro atoms. The van der Waals surface area contributed by atoms with Gasteiger partial charge in [-0.05, 0) is 37.5 Å². The average molecular weight is 296 g/mol. The van der Waals surface area contributed by atoms with Gasteiger partial charge in [-0.15, -0.1) is 0 Å². The molecule has 2 aliphatic rings. The first kappa shape index (κ1) is 17.2. The Balaban J connectivity index is 1.93. The fourth-order valence-electron chi connectivity index (χ4n) is 4.43. The van der Waals surface area contributed by atoms with Crippen molar-refractivity contribution in [3.63, 3.8) is 0 Å². The van der Waals surface area contributed by atoms with E-state index in [0.29, 0.717) is 5.41 Å². The molecule has 1 heterocycles. The normalized spacial score (nSPS) is 30.4. The van der Waals surface area contributed by atoms with Crippen molar-refractivity contribution < 1.29 is 4.74 Å². The van der Waals surface area contributed by atoms with Crippen LogP contribution in [-0.2, 0) is 4.74 Å². The summed E-state index contributed by atoms with van der Waals surface area (Å²) in [6.45, 7) is 10.4. The first-order valence-corrected chi connectivity index (χ1v) is 9.09. The van der Waals surface area contributed by atoms with E-state index in [1.165, 1.54) is 64.6 Å². The van der Waals surface area contributed by atoms with Crippen LogP contribution in [0.15, 0.2) is 0 Å². The highest BCUT2D eigenvalue weighted by Crippen LogP contribution is 2.37. The lowest BCUT2D eigenvalue weighted by molar-refractivity contribution is 0.116. The van der Waals surface area contributed by atoms with Crippen LogP contribution in [0.25, 0.3) is 0 Å². The van der Waals surface area contributed by atoms with E-state index in [4.69, 9.17) is 4.74 Å². The number of ether oxygens (including phenoxy) is 1. The van der Waals surface area contributed by atoms with Crippen molar-refractivity contribution in [2.24, 2.45) is 11.3 Å². The van der Waals surface area contributed by atoms with Gasteiger partial charge in [0.25, 0.3) is 0 Å². The van der Waals surface area contributed by atoms with E-state index in [2.05, 4.69) is 24.1 Å². The molecule has 0 aromatic heterocycles. The fourth-order valence-corrected chi connectivity index (χ4v) is 4.43. The molecule has 1 aliphatic carbocycles. The van der Waals surface area contributed by atoms with Gasteiger partial charge in [-0.2, -0.15) is 0 Å². The highest BCUT2D eigenvalue weighted by atomic mass is 16.5. The fraction of sp³-hybridized carbons (Fsp3) is 1.00. The van der Waals surface area contributed by atoms with E-state index in [9.17, 15) is 0 Å². The third-order valence-corrected chi connectivity index (χ3v) is 5.60. The maximum atomic E-state index is 5.18. The monoisotopic (exact) mass is 296 g/mol. The Morgan fingerprint density at radius 1 is 1.14 bits per heavy atom. The van der Waals surface area contributed by atoms with Crippen molar-refractivity contribution in [1.82, 2.24) is 10.2 Å². The zero-order chi connectivity index (χ0) is 15.1. The number of hydrogen-bond donors (Lipinski definition) is 1. The second-order valence-electron chi connectivity index (χ2n) is 7.70. The van der Waals surface area contributed by atoms with Gasteiger partial charge in [0, 0.05) is 39.3 Å². The predicted octanol–water partition coefficient (Wildman–Crippen LogP) is 3.29. The molecule has 2 unspecified atom stereocenters. The zero-order valence-corrected chi connectivity index (χ0v) is 14.5. The Labute approximate surface area is 131 Å². The predicted molar refractivity (Wildman–Crippen MR) is 89.7 cm³/mol. The highest BCUT2D eigenvalue weighted by Gasteiger charge is 2.36. The summed E-state index contributed by atoms with van der Waals surface area (Å²) in [7, 11) is 1.79. The molecule has 0 radical (unpaired) electrons. The summed E-state index contributed by atoms with van der Waals surface area (Å²) in [4.78, 5) is 2.77. The minimum atomic E-state index is 0.503. The second kappa shape index (κ2) is 8.50. The zero-order valence-electron chi connectivity index (χ0n) is 14.5. The second-order valence-corrected chi connectivity index (χ2v) is 7.70. The van der Waals surface area contributed by atoms with Crippen LogP contribution in [0.1, 0.15) is 58.8 Å². The first-order chi connectivity index (χ1) is 10.2. The number of methoxy groups -OCH3 is 1. The number of rotatable bonds is 7. The molecule has 2 atom stereocenters. The molecule has 1 saturated heterocycles. The van der Waals surface area contributed by atoms with Crippen LogP contribution in [0.5, 0.6) is 0 Å². The molecular weight excluding hydrogens is 260 g/mol. The molecule has 1 aliphatic heterocycles. The van der Waals surface area contributed by atoms with E-state index >= 15 is 0 Å². The first-order valence-electron chi connectivity index (χ1n) is 9.09. The van der Waals surface area contributed by atoms with Crippen molar-refractivity contribution in [2.75, 3.05) is 39.9 Å². The van der Waals surface area contributed by atoms with Crippen LogP contribution in [0.4, 0.5) is 0 Å². The quantitative estimate of drug-likeness (QED) is 0.576. The standard InChI is InChI=1S/C18H36N2O/c1-16-12-17(2)20(13-16)15-18(14-19-10-11-21-3)8-6-4-5-7-9-18/h16-17,19H,4-15H2,1-3H3. The lowest BCUT2D eigenvalue weighted by atomic mass is 9.79. The number of nitrogens with one attached hydrogen (secondary N) is 1. The highest BCUT2D eigenvalue weighted by molar-refractivity contribution is 4.91. The van der Waals surface area contributed by atoms with Crippen LogP contribution in [-0.4, -0.2) is 50.8 Å². The lowest BCUT2D eigenvalue weighted by Crippen LogP contribution is -2.45. The molecule has 3 heteroatoms. The summed E-state index contributed by atoms with van der Waals surface area (Å²) in [5.74, 6) is 0.879. The molecule has 0 amide bonds. The van der Waals surface area contributed by atoms with Gasteiger partial charge in [-0.1, -0.05) is 32.6 Å². The third-order valence-electron chi connectivity index (χ3n) is 5.60. The summed E-state index contributed by atoms with van der Waals surface area (Å²) >= 11 is 0. The molecule has 1 N–H and O–H groups in total. The van der Waals surface area contributed by atoms with Crippen LogP contribution < -0.4 is 5.32 Å². The van der Waals surface area contributed by atoms with Crippen LogP contribution in [0.2, 0.25) is 0 Å². The van der Waals surface area contributed by atoms with Crippen molar-refractivity contribution in [3.8, 4) is 0 Å². The molecule has 0 bridgehead atoms. The van der Waals surface area contributed by atoms with E-state index in [0.717, 1.165) is 25.1 Å². The molecule has 2 fully saturated rings. The van der Waals surface area contributed by atoms with Gasteiger partial charge in [-0.25, -0.2) is 0 Å². The van der Waals surface area contributed by atoms with Gasteiger partial charge in [0.1, 0.15) is 0 Å². The molecule has 0 aromatic rings. The Morgan fingerprint density at radius 3 is 2.43 bits per heavy atom. The Hall–Kier alpha value is -0.120. The van der Waals surface area contributed by atoms with Crippen LogP contribution >= 0.6 is 0 Å². The summed E-state index contributed by atoms with van der Waals surface area (Å²) in [6.07, 6.45) is 9.91. The largest absolute Gasteiger partial charge is 0.383 e. The molecule has 2 rings (SSSR count). The Kier molecular flexibility index (Phi) is 6.97. The molecule has 1 saturated carbocycles. The van der Waals surface area contributed by atoms with E-state index < -0.39 is 0 Å². The minimum Gasteiger partial charge on any atom is -0.383 e. The lowest BCUT2D eigenvalue weighted by Gasteiger charge is -2.38. The molecule has 124 valence electrons. The summed E-state index contributed by atoms with van der Waals surface area (Å²) < 4.78 is 5.18. The maximum Gasteiger partial charge on any atom is 0.0587 e. The van der Waals surface area contributed by atoms with Crippen molar-refractivity contribution >= 4 is 0 Å². The topological polar surface area (TPSA) is 24.5 Å². The Bertz CT molecular complexity index is 287. The maximum absolute atomic E-state index is 5.18. The molecular formula is C18H36N2O. The van der Waals surface area contributed by atoms with Crippen LogP contribution in [0, 0.1) is 11.3 Å². The van der Waals surface area contributed by atoms with E-state index in [-0.39, 0.29) is 0 Å². The minimum absolute atomic E-state index is 0.503. The number of nitrogens with zero attached hydrogens (tertiary/aromatic N) is 1. The SMILES string of the molecule is COCCNCC1(CN2CC(C)CC2C)CCCCCC1.